The second-order valence-electron chi connectivity index (χ2n) is 6.62. The predicted molar refractivity (Wildman–Crippen MR) is 125 cm³/mol. The quantitative estimate of drug-likeness (QED) is 0.298. The molecule has 0 saturated heterocycles. The van der Waals surface area contributed by atoms with Gasteiger partial charge in [0.2, 0.25) is 0 Å². The molecule has 0 unspecified atom stereocenters. The Morgan fingerprint density at radius 1 is 1.00 bits per heavy atom. The fourth-order valence-corrected chi connectivity index (χ4v) is 3.18. The van der Waals surface area contributed by atoms with Gasteiger partial charge in [-0.25, -0.2) is 9.37 Å². The van der Waals surface area contributed by atoms with Crippen LogP contribution in [0.25, 0.3) is 0 Å². The van der Waals surface area contributed by atoms with E-state index in [0.29, 0.717) is 5.02 Å². The van der Waals surface area contributed by atoms with Crippen molar-refractivity contribution < 1.29 is 18.7 Å². The van der Waals surface area contributed by atoms with E-state index in [0.717, 1.165) is 6.07 Å². The van der Waals surface area contributed by atoms with E-state index in [9.17, 15) is 14.0 Å². The first-order valence-corrected chi connectivity index (χ1v) is 10.2. The third-order valence-electron chi connectivity index (χ3n) is 4.49. The number of anilines is 2. The molecule has 0 radical (unpaired) electrons. The Morgan fingerprint density at radius 3 is 2.33 bits per heavy atom. The number of amidine groups is 1. The molecule has 0 aliphatic rings. The molecular weight excluding hydrogens is 472 g/mol. The van der Waals surface area contributed by atoms with Gasteiger partial charge in [0.05, 0.1) is 28.9 Å². The molecule has 11 heteroatoms. The van der Waals surface area contributed by atoms with Crippen LogP contribution in [0.1, 0.15) is 26.3 Å². The Labute approximate surface area is 198 Å². The lowest BCUT2D eigenvalue weighted by atomic mass is 10.1. The summed E-state index contributed by atoms with van der Waals surface area (Å²) in [4.78, 5) is 29.8. The van der Waals surface area contributed by atoms with E-state index in [1.54, 1.807) is 6.07 Å². The zero-order valence-corrected chi connectivity index (χ0v) is 18.9. The lowest BCUT2D eigenvalue weighted by Gasteiger charge is -2.16. The molecule has 2 aromatic carbocycles. The molecule has 0 fully saturated rings. The maximum atomic E-state index is 14.6. The smallest absolute Gasteiger partial charge is 0.259 e. The van der Waals surface area contributed by atoms with Gasteiger partial charge in [0.25, 0.3) is 11.8 Å². The Kier molecular flexibility index (Phi) is 7.47. The molecule has 0 aliphatic carbocycles. The number of hydrogen-bond donors (Lipinski definition) is 4. The number of nitrogens with one attached hydrogen (secondary N) is 4. The van der Waals surface area contributed by atoms with Crippen molar-refractivity contribution in [3.8, 4) is 5.75 Å². The first-order chi connectivity index (χ1) is 15.7. The van der Waals surface area contributed by atoms with Crippen molar-refractivity contribution in [1.82, 2.24) is 10.3 Å². The molecular formula is C22H18Cl2FN5O3. The second-order valence-corrected chi connectivity index (χ2v) is 7.49. The SMILES string of the molecule is CNC(=N)c1ccc(C(=O)Nc2c(OC)cc(Cl)cc2C(=O)Nc2ccc(Cl)cn2)c(F)c1. The Balaban J connectivity index is 1.95. The summed E-state index contributed by atoms with van der Waals surface area (Å²) in [5, 5.41) is 16.0. The van der Waals surface area contributed by atoms with Crippen LogP contribution >= 0.6 is 23.2 Å². The van der Waals surface area contributed by atoms with Gasteiger partial charge >= 0.3 is 0 Å². The molecule has 3 rings (SSSR count). The van der Waals surface area contributed by atoms with E-state index in [-0.39, 0.29) is 44.8 Å². The molecule has 0 saturated carbocycles. The van der Waals surface area contributed by atoms with E-state index < -0.39 is 17.6 Å². The first-order valence-electron chi connectivity index (χ1n) is 9.41. The van der Waals surface area contributed by atoms with E-state index in [1.807, 2.05) is 0 Å². The standard InChI is InChI=1S/C22H18Cl2FN5O3/c1-27-20(26)11-3-5-14(16(25)7-11)21(31)30-19-15(8-13(24)9-17(19)33-2)22(32)29-18-6-4-12(23)10-28-18/h3-10H,1-2H3,(H2,26,27)(H,30,31)(H,28,29,32). The lowest BCUT2D eigenvalue weighted by molar-refractivity contribution is 0.102. The second kappa shape index (κ2) is 10.3. The average molecular weight is 490 g/mol. The van der Waals surface area contributed by atoms with Gasteiger partial charge in [-0.1, -0.05) is 29.3 Å². The first kappa shape index (κ1) is 24.0. The maximum Gasteiger partial charge on any atom is 0.259 e. The van der Waals surface area contributed by atoms with Crippen LogP contribution in [0.15, 0.2) is 48.7 Å². The Hall–Kier alpha value is -3.69. The van der Waals surface area contributed by atoms with E-state index in [2.05, 4.69) is 20.9 Å². The molecule has 0 spiro atoms. The highest BCUT2D eigenvalue weighted by molar-refractivity contribution is 6.32. The van der Waals surface area contributed by atoms with Gasteiger partial charge < -0.3 is 20.7 Å². The normalized spacial score (nSPS) is 10.3. The number of hydrogen-bond acceptors (Lipinski definition) is 5. The fourth-order valence-electron chi connectivity index (χ4n) is 2.86. The molecule has 0 aliphatic heterocycles. The van der Waals surface area contributed by atoms with Crippen molar-refractivity contribution in [2.24, 2.45) is 0 Å². The van der Waals surface area contributed by atoms with E-state index in [4.69, 9.17) is 33.3 Å². The summed E-state index contributed by atoms with van der Waals surface area (Å²) < 4.78 is 19.9. The molecule has 0 atom stereocenters. The Bertz CT molecular complexity index is 1240. The van der Waals surface area contributed by atoms with Crippen molar-refractivity contribution in [2.75, 3.05) is 24.8 Å². The van der Waals surface area contributed by atoms with Gasteiger partial charge in [-0.3, -0.25) is 15.0 Å². The number of pyridine rings is 1. The highest BCUT2D eigenvalue weighted by atomic mass is 35.5. The maximum absolute atomic E-state index is 14.6. The number of carbonyl (C=O) groups excluding carboxylic acids is 2. The minimum absolute atomic E-state index is 0.00463. The third kappa shape index (κ3) is 5.57. The zero-order valence-electron chi connectivity index (χ0n) is 17.4. The fraction of sp³-hybridized carbons (Fsp3) is 0.0909. The van der Waals surface area contributed by atoms with Gasteiger partial charge in [0, 0.05) is 29.9 Å². The molecule has 1 heterocycles. The Morgan fingerprint density at radius 2 is 1.73 bits per heavy atom. The number of carbonyl (C=O) groups is 2. The van der Waals surface area contributed by atoms with Crippen molar-refractivity contribution in [2.45, 2.75) is 0 Å². The third-order valence-corrected chi connectivity index (χ3v) is 4.93. The topological polar surface area (TPSA) is 116 Å². The van der Waals surface area contributed by atoms with Crippen molar-refractivity contribution in [1.29, 1.82) is 5.41 Å². The molecule has 8 nitrogen and oxygen atoms in total. The number of aromatic nitrogens is 1. The zero-order chi connectivity index (χ0) is 24.1. The number of amides is 2. The largest absolute Gasteiger partial charge is 0.494 e. The molecule has 4 N–H and O–H groups in total. The lowest BCUT2D eigenvalue weighted by Crippen LogP contribution is -2.21. The summed E-state index contributed by atoms with van der Waals surface area (Å²) in [7, 11) is 2.86. The van der Waals surface area contributed by atoms with Crippen LogP contribution < -0.4 is 20.7 Å². The van der Waals surface area contributed by atoms with Gasteiger partial charge in [0.15, 0.2) is 0 Å². The predicted octanol–water partition coefficient (Wildman–Crippen LogP) is 4.59. The minimum atomic E-state index is -0.839. The van der Waals surface area contributed by atoms with E-state index >= 15 is 0 Å². The van der Waals surface area contributed by atoms with Gasteiger partial charge in [-0.15, -0.1) is 0 Å². The van der Waals surface area contributed by atoms with Crippen molar-refractivity contribution in [3.05, 3.63) is 81.2 Å². The number of nitrogens with zero attached hydrogens (tertiary/aromatic N) is 1. The van der Waals surface area contributed by atoms with Crippen LogP contribution in [-0.2, 0) is 0 Å². The highest BCUT2D eigenvalue weighted by Crippen LogP contribution is 2.33. The van der Waals surface area contributed by atoms with Gasteiger partial charge in [-0.2, -0.15) is 0 Å². The molecule has 170 valence electrons. The molecule has 33 heavy (non-hydrogen) atoms. The van der Waals surface area contributed by atoms with Crippen LogP contribution in [0.5, 0.6) is 5.75 Å². The molecule has 3 aromatic rings. The number of halogens is 3. The number of ether oxygens (including phenoxy) is 1. The van der Waals surface area contributed by atoms with Crippen LogP contribution in [-0.4, -0.2) is 36.8 Å². The van der Waals surface area contributed by atoms with Crippen molar-refractivity contribution in [3.63, 3.8) is 0 Å². The van der Waals surface area contributed by atoms with Gasteiger partial charge in [-0.05, 0) is 30.3 Å². The minimum Gasteiger partial charge on any atom is -0.494 e. The summed E-state index contributed by atoms with van der Waals surface area (Å²) in [6.07, 6.45) is 1.36. The number of methoxy groups -OCH3 is 1. The summed E-state index contributed by atoms with van der Waals surface area (Å²) in [6.45, 7) is 0. The van der Waals surface area contributed by atoms with E-state index in [1.165, 1.54) is 50.7 Å². The van der Waals surface area contributed by atoms with Crippen LogP contribution in [0.2, 0.25) is 10.0 Å². The van der Waals surface area contributed by atoms with Gasteiger partial charge in [0.1, 0.15) is 23.2 Å². The highest BCUT2D eigenvalue weighted by Gasteiger charge is 2.22. The summed E-state index contributed by atoms with van der Waals surface area (Å²) in [6, 6.07) is 9.51. The monoisotopic (exact) mass is 489 g/mol. The van der Waals surface area contributed by atoms with Crippen LogP contribution in [0, 0.1) is 11.2 Å². The van der Waals surface area contributed by atoms with Crippen LogP contribution in [0.4, 0.5) is 15.9 Å². The van der Waals surface area contributed by atoms with Crippen LogP contribution in [0.3, 0.4) is 0 Å². The average Bonchev–Trinajstić information content (AvgIpc) is 2.80. The molecule has 1 aromatic heterocycles. The summed E-state index contributed by atoms with van der Waals surface area (Å²) in [5.41, 5.74) is -0.0558. The number of rotatable bonds is 6. The number of benzene rings is 2. The van der Waals surface area contributed by atoms with Crippen molar-refractivity contribution >= 4 is 52.4 Å². The summed E-state index contributed by atoms with van der Waals surface area (Å²) >= 11 is 11.9. The molecule has 0 bridgehead atoms. The summed E-state index contributed by atoms with van der Waals surface area (Å²) in [5.74, 6) is -1.99. The molecule has 2 amide bonds.